The topological polar surface area (TPSA) is 40.0 Å². The predicted molar refractivity (Wildman–Crippen MR) is 95.8 cm³/mol. The minimum atomic E-state index is -0.513. The lowest BCUT2D eigenvalue weighted by Crippen LogP contribution is -2.06. The molecule has 1 aromatic rings. The van der Waals surface area contributed by atoms with Crippen LogP contribution in [0, 0.1) is 5.82 Å². The third-order valence-electron chi connectivity index (χ3n) is 2.13. The molecule has 0 saturated heterocycles. The molecule has 1 aromatic carbocycles. The molecule has 0 N–H and O–H groups in total. The highest BCUT2D eigenvalue weighted by atomic mass is 79.9. The van der Waals surface area contributed by atoms with E-state index in [1.165, 1.54) is 6.07 Å². The fraction of sp³-hybridized carbons (Fsp3) is 0.357. The summed E-state index contributed by atoms with van der Waals surface area (Å²) in [6.45, 7) is 4.36. The highest BCUT2D eigenvalue weighted by molar-refractivity contribution is 9.28. The van der Waals surface area contributed by atoms with Crippen LogP contribution in [0.25, 0.3) is 0 Å². The zero-order valence-corrected chi connectivity index (χ0v) is 16.8. The van der Waals surface area contributed by atoms with Crippen LogP contribution in [0.2, 0.25) is 0 Å². The molecular formula is C14H15Br3FNO3. The normalized spacial score (nSPS) is 9.91. The van der Waals surface area contributed by atoms with Crippen molar-refractivity contribution in [2.45, 2.75) is 13.8 Å². The minimum absolute atomic E-state index is 0.116. The largest absolute Gasteiger partial charge is 0.489 e. The van der Waals surface area contributed by atoms with Crippen molar-refractivity contribution in [1.82, 2.24) is 0 Å². The first-order valence-electron chi connectivity index (χ1n) is 6.29. The van der Waals surface area contributed by atoms with Gasteiger partial charge in [-0.15, -0.1) is 0 Å². The highest BCUT2D eigenvalue weighted by Gasteiger charge is 2.11. The van der Waals surface area contributed by atoms with Crippen molar-refractivity contribution in [2.24, 2.45) is 5.16 Å². The van der Waals surface area contributed by atoms with Gasteiger partial charge in [-0.2, -0.15) is 0 Å². The van der Waals surface area contributed by atoms with E-state index in [0.717, 1.165) is 9.10 Å². The maximum absolute atomic E-state index is 14.0. The Morgan fingerprint density at radius 1 is 1.23 bits per heavy atom. The SMILES string of the molecule is CC(C)=NOCCOc1c(F)cc(OCC=C(Br)Br)cc1Br. The standard InChI is InChI=1S/C14H15Br3FNO3/c1-9(2)19-22-6-5-21-14-11(15)7-10(8-12(14)18)20-4-3-13(16)17/h3,7-8H,4-6H2,1-2H3. The quantitative estimate of drug-likeness (QED) is 0.271. The molecule has 8 heteroatoms. The van der Waals surface area contributed by atoms with Crippen molar-refractivity contribution < 1.29 is 18.7 Å². The molecule has 0 aliphatic heterocycles. The predicted octanol–water partition coefficient (Wildman–Crippen LogP) is 5.39. The summed E-state index contributed by atoms with van der Waals surface area (Å²) >= 11 is 9.69. The summed E-state index contributed by atoms with van der Waals surface area (Å²) in [5, 5.41) is 3.76. The van der Waals surface area contributed by atoms with E-state index in [0.29, 0.717) is 16.8 Å². The fourth-order valence-electron chi connectivity index (χ4n) is 1.31. The molecule has 0 fully saturated rings. The highest BCUT2D eigenvalue weighted by Crippen LogP contribution is 2.32. The van der Waals surface area contributed by atoms with Crippen LogP contribution in [-0.2, 0) is 4.84 Å². The zero-order chi connectivity index (χ0) is 16.5. The Morgan fingerprint density at radius 3 is 2.55 bits per heavy atom. The van der Waals surface area contributed by atoms with Crippen LogP contribution >= 0.6 is 47.8 Å². The number of hydrogen-bond donors (Lipinski definition) is 0. The van der Waals surface area contributed by atoms with Crippen molar-refractivity contribution in [3.8, 4) is 11.5 Å². The van der Waals surface area contributed by atoms with Crippen molar-refractivity contribution in [2.75, 3.05) is 19.8 Å². The lowest BCUT2D eigenvalue weighted by Gasteiger charge is -2.11. The van der Waals surface area contributed by atoms with Crippen molar-refractivity contribution in [3.63, 3.8) is 0 Å². The first-order chi connectivity index (χ1) is 10.4. The van der Waals surface area contributed by atoms with Crippen molar-refractivity contribution >= 4 is 53.5 Å². The van der Waals surface area contributed by atoms with Gasteiger partial charge in [0.25, 0.3) is 0 Å². The molecule has 0 bridgehead atoms. The lowest BCUT2D eigenvalue weighted by atomic mass is 10.3. The second-order valence-electron chi connectivity index (χ2n) is 4.24. The number of rotatable bonds is 8. The molecule has 4 nitrogen and oxygen atoms in total. The Labute approximate surface area is 154 Å². The second-order valence-corrected chi connectivity index (χ2v) is 7.87. The Bertz CT molecular complexity index is 533. The molecule has 0 heterocycles. The molecule has 0 radical (unpaired) electrons. The molecule has 0 amide bonds. The fourth-order valence-corrected chi connectivity index (χ4v) is 2.11. The van der Waals surface area contributed by atoms with Crippen LogP contribution in [0.1, 0.15) is 13.8 Å². The van der Waals surface area contributed by atoms with Crippen molar-refractivity contribution in [3.05, 3.63) is 31.9 Å². The number of oxime groups is 1. The van der Waals surface area contributed by atoms with Crippen LogP contribution in [-0.4, -0.2) is 25.5 Å². The Morgan fingerprint density at radius 2 is 1.95 bits per heavy atom. The van der Waals surface area contributed by atoms with E-state index in [1.54, 1.807) is 12.1 Å². The Balaban J connectivity index is 2.58. The molecule has 22 heavy (non-hydrogen) atoms. The number of halogens is 4. The summed E-state index contributed by atoms with van der Waals surface area (Å²) in [4.78, 5) is 4.98. The third kappa shape index (κ3) is 7.60. The van der Waals surface area contributed by atoms with Gasteiger partial charge in [0, 0.05) is 6.07 Å². The summed E-state index contributed by atoms with van der Waals surface area (Å²) in [5.41, 5.74) is 0.804. The molecule has 0 aromatic heterocycles. The zero-order valence-electron chi connectivity index (χ0n) is 12.0. The molecule has 0 aliphatic rings. The molecule has 0 saturated carbocycles. The number of nitrogens with zero attached hydrogens (tertiary/aromatic N) is 1. The molecule has 122 valence electrons. The van der Waals surface area contributed by atoms with Gasteiger partial charge in [-0.25, -0.2) is 4.39 Å². The second kappa shape index (κ2) is 10.2. The van der Waals surface area contributed by atoms with Crippen LogP contribution in [0.4, 0.5) is 4.39 Å². The van der Waals surface area contributed by atoms with Gasteiger partial charge in [0.1, 0.15) is 19.0 Å². The molecule has 0 atom stereocenters. The molecule has 0 spiro atoms. The van der Waals surface area contributed by atoms with E-state index in [2.05, 4.69) is 52.9 Å². The summed E-state index contributed by atoms with van der Waals surface area (Å²) in [6.07, 6.45) is 1.75. The summed E-state index contributed by atoms with van der Waals surface area (Å²) < 4.78 is 26.0. The molecule has 1 rings (SSSR count). The minimum Gasteiger partial charge on any atom is -0.489 e. The summed E-state index contributed by atoms with van der Waals surface area (Å²) in [5.74, 6) is 0.00322. The van der Waals surface area contributed by atoms with E-state index < -0.39 is 5.82 Å². The molecule has 0 aliphatic carbocycles. The van der Waals surface area contributed by atoms with Gasteiger partial charge in [0.2, 0.25) is 0 Å². The first-order valence-corrected chi connectivity index (χ1v) is 8.67. The summed E-state index contributed by atoms with van der Waals surface area (Å²) in [7, 11) is 0. The molecule has 0 unspecified atom stereocenters. The van der Waals surface area contributed by atoms with Gasteiger partial charge in [0.05, 0.1) is 13.6 Å². The van der Waals surface area contributed by atoms with Crippen LogP contribution in [0.5, 0.6) is 11.5 Å². The van der Waals surface area contributed by atoms with E-state index in [1.807, 2.05) is 13.8 Å². The van der Waals surface area contributed by atoms with Crippen LogP contribution < -0.4 is 9.47 Å². The van der Waals surface area contributed by atoms with E-state index in [-0.39, 0.29) is 19.0 Å². The van der Waals surface area contributed by atoms with Gasteiger partial charge < -0.3 is 14.3 Å². The van der Waals surface area contributed by atoms with Crippen LogP contribution in [0.3, 0.4) is 0 Å². The average Bonchev–Trinajstić information content (AvgIpc) is 2.40. The number of benzene rings is 1. The molecular weight excluding hydrogens is 489 g/mol. The smallest absolute Gasteiger partial charge is 0.169 e. The van der Waals surface area contributed by atoms with Crippen molar-refractivity contribution in [1.29, 1.82) is 0 Å². The number of hydrogen-bond acceptors (Lipinski definition) is 4. The monoisotopic (exact) mass is 501 g/mol. The lowest BCUT2D eigenvalue weighted by molar-refractivity contribution is 0.105. The average molecular weight is 504 g/mol. The Hall–Kier alpha value is -0.600. The number of ether oxygens (including phenoxy) is 2. The summed E-state index contributed by atoms with van der Waals surface area (Å²) in [6, 6.07) is 2.91. The van der Waals surface area contributed by atoms with E-state index in [9.17, 15) is 4.39 Å². The van der Waals surface area contributed by atoms with Gasteiger partial charge in [-0.3, -0.25) is 0 Å². The van der Waals surface area contributed by atoms with Gasteiger partial charge in [-0.1, -0.05) is 5.16 Å². The third-order valence-corrected chi connectivity index (χ3v) is 3.36. The van der Waals surface area contributed by atoms with E-state index >= 15 is 0 Å². The maximum Gasteiger partial charge on any atom is 0.169 e. The Kier molecular flexibility index (Phi) is 9.04. The van der Waals surface area contributed by atoms with Gasteiger partial charge in [0.15, 0.2) is 18.2 Å². The van der Waals surface area contributed by atoms with E-state index in [4.69, 9.17) is 14.3 Å². The van der Waals surface area contributed by atoms with Gasteiger partial charge >= 0.3 is 0 Å². The van der Waals surface area contributed by atoms with Crippen LogP contribution in [0.15, 0.2) is 31.2 Å². The van der Waals surface area contributed by atoms with Gasteiger partial charge in [-0.05, 0) is 73.8 Å². The first kappa shape index (κ1) is 19.4. The maximum atomic E-state index is 14.0.